The van der Waals surface area contributed by atoms with Crippen molar-refractivity contribution < 1.29 is 29.0 Å². The second kappa shape index (κ2) is 12.1. The minimum absolute atomic E-state index is 0. The predicted molar refractivity (Wildman–Crippen MR) is 124 cm³/mol. The zero-order valence-corrected chi connectivity index (χ0v) is 19.9. The summed E-state index contributed by atoms with van der Waals surface area (Å²) in [5.41, 5.74) is 1.05. The highest BCUT2D eigenvalue weighted by molar-refractivity contribution is 6.04. The van der Waals surface area contributed by atoms with Crippen LogP contribution in [0.2, 0.25) is 0 Å². The van der Waals surface area contributed by atoms with Crippen molar-refractivity contribution in [3.8, 4) is 0 Å². The minimum atomic E-state index is -1.15. The average Bonchev–Trinajstić information content (AvgIpc) is 3.09. The number of carbonyl (C=O) groups is 4. The maximum Gasteiger partial charge on any atom is 0.327 e. The standard InChI is InChI=1S/C24H32N2O6.ClH/c1-3-32-24(31)19(14-13-16-9-5-4-6-10-16)25-15(2)21(27)26-20(23(29)30)17-11-7-8-12-18(17)22(26)28;/h4-6,9-10,15,17-20,25H,3,7-8,11-14H2,1-2H3,(H,29,30);1H. The molecule has 5 atom stereocenters. The van der Waals surface area contributed by atoms with Gasteiger partial charge in [-0.1, -0.05) is 43.2 Å². The monoisotopic (exact) mass is 480 g/mol. The van der Waals surface area contributed by atoms with Crippen molar-refractivity contribution in [3.05, 3.63) is 35.9 Å². The van der Waals surface area contributed by atoms with Gasteiger partial charge < -0.3 is 9.84 Å². The van der Waals surface area contributed by atoms with Crippen LogP contribution >= 0.6 is 12.4 Å². The van der Waals surface area contributed by atoms with Crippen LogP contribution < -0.4 is 5.32 Å². The molecule has 8 nitrogen and oxygen atoms in total. The van der Waals surface area contributed by atoms with E-state index in [2.05, 4.69) is 5.32 Å². The Kier molecular flexibility index (Phi) is 9.86. The fourth-order valence-electron chi connectivity index (χ4n) is 4.94. The molecular formula is C24H33ClN2O6. The Balaban J connectivity index is 0.00000385. The van der Waals surface area contributed by atoms with E-state index in [4.69, 9.17) is 4.74 Å². The number of carboxylic acids is 1. The molecule has 9 heteroatoms. The summed E-state index contributed by atoms with van der Waals surface area (Å²) in [7, 11) is 0. The molecule has 182 valence electrons. The van der Waals surface area contributed by atoms with Crippen molar-refractivity contribution in [1.29, 1.82) is 0 Å². The lowest BCUT2D eigenvalue weighted by atomic mass is 9.78. The van der Waals surface area contributed by atoms with Crippen molar-refractivity contribution in [2.45, 2.75) is 70.5 Å². The second-order valence-corrected chi connectivity index (χ2v) is 8.60. The maximum atomic E-state index is 13.2. The van der Waals surface area contributed by atoms with Crippen LogP contribution in [0.4, 0.5) is 0 Å². The molecule has 1 aromatic rings. The number of rotatable bonds is 9. The van der Waals surface area contributed by atoms with Crippen LogP contribution in [0.15, 0.2) is 30.3 Å². The first-order chi connectivity index (χ1) is 15.3. The van der Waals surface area contributed by atoms with Crippen molar-refractivity contribution in [2.75, 3.05) is 6.61 Å². The third kappa shape index (κ3) is 6.12. The first-order valence-corrected chi connectivity index (χ1v) is 11.4. The predicted octanol–water partition coefficient (Wildman–Crippen LogP) is 2.58. The molecule has 1 saturated carbocycles. The summed E-state index contributed by atoms with van der Waals surface area (Å²) in [5.74, 6) is -3.40. The summed E-state index contributed by atoms with van der Waals surface area (Å²) in [5, 5.41) is 12.8. The van der Waals surface area contributed by atoms with Crippen molar-refractivity contribution in [3.63, 3.8) is 0 Å². The molecule has 3 rings (SSSR count). The molecule has 1 aromatic carbocycles. The Labute approximate surface area is 200 Å². The topological polar surface area (TPSA) is 113 Å². The fourth-order valence-corrected chi connectivity index (χ4v) is 4.94. The van der Waals surface area contributed by atoms with Crippen LogP contribution in [-0.4, -0.2) is 58.5 Å². The molecule has 0 bridgehead atoms. The van der Waals surface area contributed by atoms with Gasteiger partial charge in [-0.3, -0.25) is 24.6 Å². The van der Waals surface area contributed by atoms with Gasteiger partial charge in [0.1, 0.15) is 12.1 Å². The summed E-state index contributed by atoms with van der Waals surface area (Å²) in [6.07, 6.45) is 3.96. The van der Waals surface area contributed by atoms with Gasteiger partial charge in [0.15, 0.2) is 0 Å². The van der Waals surface area contributed by atoms with Crippen LogP contribution in [0, 0.1) is 11.8 Å². The van der Waals surface area contributed by atoms with Crippen LogP contribution in [-0.2, 0) is 30.3 Å². The van der Waals surface area contributed by atoms with Crippen LogP contribution in [0.25, 0.3) is 0 Å². The highest BCUT2D eigenvalue weighted by Crippen LogP contribution is 2.41. The Morgan fingerprint density at radius 2 is 1.85 bits per heavy atom. The highest BCUT2D eigenvalue weighted by Gasteiger charge is 2.54. The van der Waals surface area contributed by atoms with E-state index in [0.29, 0.717) is 25.7 Å². The third-order valence-corrected chi connectivity index (χ3v) is 6.51. The molecule has 2 fully saturated rings. The lowest BCUT2D eigenvalue weighted by Crippen LogP contribution is -2.55. The molecule has 5 unspecified atom stereocenters. The van der Waals surface area contributed by atoms with Crippen molar-refractivity contribution in [2.24, 2.45) is 11.8 Å². The number of imide groups is 1. The molecule has 33 heavy (non-hydrogen) atoms. The highest BCUT2D eigenvalue weighted by atomic mass is 35.5. The Morgan fingerprint density at radius 3 is 2.48 bits per heavy atom. The van der Waals surface area contributed by atoms with E-state index in [1.54, 1.807) is 13.8 Å². The van der Waals surface area contributed by atoms with E-state index in [9.17, 15) is 24.3 Å². The average molecular weight is 481 g/mol. The van der Waals surface area contributed by atoms with Gasteiger partial charge in [-0.15, -0.1) is 12.4 Å². The molecule has 0 aromatic heterocycles. The van der Waals surface area contributed by atoms with E-state index in [1.165, 1.54) is 0 Å². The first-order valence-electron chi connectivity index (χ1n) is 11.4. The zero-order chi connectivity index (χ0) is 23.3. The van der Waals surface area contributed by atoms with Crippen LogP contribution in [0.3, 0.4) is 0 Å². The number of ether oxygens (including phenoxy) is 1. The number of benzene rings is 1. The Bertz CT molecular complexity index is 849. The quantitative estimate of drug-likeness (QED) is 0.522. The third-order valence-electron chi connectivity index (χ3n) is 6.51. The summed E-state index contributed by atoms with van der Waals surface area (Å²) in [6.45, 7) is 3.48. The summed E-state index contributed by atoms with van der Waals surface area (Å²) < 4.78 is 5.17. The number of esters is 1. The number of amides is 2. The fraction of sp³-hybridized carbons (Fsp3) is 0.583. The SMILES string of the molecule is CCOC(=O)C(CCc1ccccc1)NC(C)C(=O)N1C(=O)C2CCCCC2C1C(=O)O.Cl. The number of aryl methyl sites for hydroxylation is 1. The minimum Gasteiger partial charge on any atom is -0.480 e. The zero-order valence-electron chi connectivity index (χ0n) is 19.1. The first kappa shape index (κ1) is 26.8. The van der Waals surface area contributed by atoms with Gasteiger partial charge in [-0.2, -0.15) is 0 Å². The molecule has 0 radical (unpaired) electrons. The molecule has 1 aliphatic heterocycles. The molecule has 2 aliphatic rings. The maximum absolute atomic E-state index is 13.2. The van der Waals surface area contributed by atoms with Gasteiger partial charge in [0.25, 0.3) is 0 Å². The van der Waals surface area contributed by atoms with Gasteiger partial charge in [0.05, 0.1) is 12.6 Å². The summed E-state index contributed by atoms with van der Waals surface area (Å²) in [4.78, 5) is 51.6. The Morgan fingerprint density at radius 1 is 1.18 bits per heavy atom. The van der Waals surface area contributed by atoms with E-state index in [1.807, 2.05) is 30.3 Å². The lowest BCUT2D eigenvalue weighted by Gasteiger charge is -2.28. The van der Waals surface area contributed by atoms with Gasteiger partial charge >= 0.3 is 11.9 Å². The molecule has 1 aliphatic carbocycles. The van der Waals surface area contributed by atoms with E-state index >= 15 is 0 Å². The van der Waals surface area contributed by atoms with Gasteiger partial charge in [-0.25, -0.2) is 4.79 Å². The molecule has 1 heterocycles. The molecular weight excluding hydrogens is 448 g/mol. The number of likely N-dealkylation sites (tertiary alicyclic amines) is 1. The van der Waals surface area contributed by atoms with E-state index < -0.39 is 47.8 Å². The second-order valence-electron chi connectivity index (χ2n) is 8.60. The number of hydrogen-bond donors (Lipinski definition) is 2. The van der Waals surface area contributed by atoms with Gasteiger partial charge in [0, 0.05) is 11.8 Å². The van der Waals surface area contributed by atoms with E-state index in [-0.39, 0.29) is 24.9 Å². The van der Waals surface area contributed by atoms with Gasteiger partial charge in [-0.05, 0) is 45.1 Å². The summed E-state index contributed by atoms with van der Waals surface area (Å²) >= 11 is 0. The molecule has 0 spiro atoms. The molecule has 1 saturated heterocycles. The summed E-state index contributed by atoms with van der Waals surface area (Å²) in [6, 6.07) is 6.85. The number of nitrogens with one attached hydrogen (secondary N) is 1. The van der Waals surface area contributed by atoms with Crippen LogP contribution in [0.1, 0.15) is 51.5 Å². The molecule has 2 amide bonds. The Hall–Kier alpha value is -2.45. The number of carboxylic acid groups (broad SMARTS) is 1. The van der Waals surface area contributed by atoms with Crippen molar-refractivity contribution >= 4 is 36.2 Å². The number of nitrogens with zero attached hydrogens (tertiary/aromatic N) is 1. The number of carbonyl (C=O) groups excluding carboxylic acids is 3. The molecule has 2 N–H and O–H groups in total. The largest absolute Gasteiger partial charge is 0.480 e. The smallest absolute Gasteiger partial charge is 0.327 e. The number of halogens is 1. The number of hydrogen-bond acceptors (Lipinski definition) is 6. The van der Waals surface area contributed by atoms with Crippen LogP contribution in [0.5, 0.6) is 0 Å². The number of aliphatic carboxylic acids is 1. The van der Waals surface area contributed by atoms with Crippen molar-refractivity contribution in [1.82, 2.24) is 10.2 Å². The number of fused-ring (bicyclic) bond motifs is 1. The van der Waals surface area contributed by atoms with E-state index in [0.717, 1.165) is 23.3 Å². The lowest BCUT2D eigenvalue weighted by molar-refractivity contribution is -0.156. The van der Waals surface area contributed by atoms with Gasteiger partial charge in [0.2, 0.25) is 11.8 Å². The normalized spacial score (nSPS) is 23.8.